The third-order valence-electron chi connectivity index (χ3n) is 7.49. The molecule has 0 spiro atoms. The fraction of sp³-hybridized carbons (Fsp3) is 0.394. The summed E-state index contributed by atoms with van der Waals surface area (Å²) in [6, 6.07) is 15.9. The van der Waals surface area contributed by atoms with Gasteiger partial charge in [-0.25, -0.2) is 13.2 Å². The van der Waals surface area contributed by atoms with Crippen LogP contribution in [0.3, 0.4) is 0 Å². The maximum Gasteiger partial charge on any atom is 0.166 e. The van der Waals surface area contributed by atoms with E-state index in [0.717, 1.165) is 62.5 Å². The van der Waals surface area contributed by atoms with E-state index in [1.807, 2.05) is 30.3 Å². The van der Waals surface area contributed by atoms with E-state index in [2.05, 4.69) is 13.5 Å². The third kappa shape index (κ3) is 6.73. The Hall–Kier alpha value is -2.85. The zero-order valence-electron chi connectivity index (χ0n) is 21.7. The average molecular weight is 507 g/mol. The summed E-state index contributed by atoms with van der Waals surface area (Å²) in [7, 11) is 0. The zero-order chi connectivity index (χ0) is 26.2. The normalized spacial score (nSPS) is 17.6. The van der Waals surface area contributed by atoms with Gasteiger partial charge in [-0.1, -0.05) is 80.8 Å². The molecule has 1 fully saturated rings. The Bertz CT molecular complexity index is 1180. The van der Waals surface area contributed by atoms with Gasteiger partial charge in [0.2, 0.25) is 0 Å². The van der Waals surface area contributed by atoms with Crippen molar-refractivity contribution in [1.29, 1.82) is 0 Å². The number of rotatable bonds is 11. The predicted molar refractivity (Wildman–Crippen MR) is 146 cm³/mol. The van der Waals surface area contributed by atoms with Crippen molar-refractivity contribution in [2.75, 3.05) is 6.61 Å². The van der Waals surface area contributed by atoms with E-state index in [1.54, 1.807) is 30.3 Å². The lowest BCUT2D eigenvalue weighted by Crippen LogP contribution is -2.25. The molecular weight excluding hydrogens is 469 g/mol. The third-order valence-corrected chi connectivity index (χ3v) is 7.49. The van der Waals surface area contributed by atoms with E-state index in [9.17, 15) is 8.78 Å². The summed E-state index contributed by atoms with van der Waals surface area (Å²) < 4.78 is 50.6. The summed E-state index contributed by atoms with van der Waals surface area (Å²) >= 11 is 0. The maximum atomic E-state index is 15.1. The van der Waals surface area contributed by atoms with Gasteiger partial charge in [-0.3, -0.25) is 0 Å². The number of hydrogen-bond acceptors (Lipinski definition) is 1. The Labute approximate surface area is 219 Å². The van der Waals surface area contributed by atoms with Crippen LogP contribution in [-0.2, 0) is 11.2 Å². The van der Waals surface area contributed by atoms with E-state index < -0.39 is 11.6 Å². The van der Waals surface area contributed by atoms with E-state index in [4.69, 9.17) is 4.74 Å². The van der Waals surface area contributed by atoms with Crippen molar-refractivity contribution in [2.24, 2.45) is 0 Å². The van der Waals surface area contributed by atoms with E-state index in [0.29, 0.717) is 29.7 Å². The van der Waals surface area contributed by atoms with Crippen LogP contribution in [-0.4, -0.2) is 12.7 Å². The maximum absolute atomic E-state index is 15.1. The van der Waals surface area contributed by atoms with Crippen molar-refractivity contribution in [2.45, 2.75) is 76.7 Å². The fourth-order valence-corrected chi connectivity index (χ4v) is 5.21. The van der Waals surface area contributed by atoms with Crippen molar-refractivity contribution in [3.63, 3.8) is 0 Å². The van der Waals surface area contributed by atoms with E-state index in [-0.39, 0.29) is 23.4 Å². The van der Waals surface area contributed by atoms with Crippen molar-refractivity contribution >= 4 is 0 Å². The molecule has 2 atom stereocenters. The summed E-state index contributed by atoms with van der Waals surface area (Å²) in [5, 5.41) is 0. The second kappa shape index (κ2) is 13.1. The number of hydrogen-bond donors (Lipinski definition) is 0. The van der Waals surface area contributed by atoms with Crippen molar-refractivity contribution in [3.8, 4) is 22.3 Å². The van der Waals surface area contributed by atoms with Gasteiger partial charge in [0.25, 0.3) is 0 Å². The minimum Gasteiger partial charge on any atom is -0.378 e. The molecule has 0 amide bonds. The molecule has 4 heteroatoms. The molecule has 0 N–H and O–H groups in total. The van der Waals surface area contributed by atoms with Gasteiger partial charge >= 0.3 is 0 Å². The molecule has 4 rings (SSSR count). The van der Waals surface area contributed by atoms with Crippen LogP contribution in [0.2, 0.25) is 0 Å². The molecule has 0 radical (unpaired) electrons. The number of aryl methyl sites for hydroxylation is 1. The summed E-state index contributed by atoms with van der Waals surface area (Å²) in [5.41, 5.74) is 3.54. The number of halogens is 3. The highest BCUT2D eigenvalue weighted by Gasteiger charge is 2.24. The summed E-state index contributed by atoms with van der Waals surface area (Å²) in [5.74, 6) is -1.74. The average Bonchev–Trinajstić information content (AvgIpc) is 2.93. The first-order valence-electron chi connectivity index (χ1n) is 13.6. The zero-order valence-corrected chi connectivity index (χ0v) is 21.7. The van der Waals surface area contributed by atoms with Crippen LogP contribution < -0.4 is 0 Å². The number of allylic oxidation sites excluding steroid dienone is 1. The molecule has 0 aliphatic carbocycles. The SMILES string of the molecule is C=CCCC1CCC(c2ccc(-c3ccc(-c4ccc(CCCCCC)c(F)c4F)cc3)cc2F)CO1. The van der Waals surface area contributed by atoms with Crippen molar-refractivity contribution in [3.05, 3.63) is 95.8 Å². The molecule has 37 heavy (non-hydrogen) atoms. The van der Waals surface area contributed by atoms with Crippen LogP contribution in [0.5, 0.6) is 0 Å². The molecule has 1 nitrogen and oxygen atoms in total. The van der Waals surface area contributed by atoms with Gasteiger partial charge in [0, 0.05) is 11.5 Å². The molecule has 0 saturated carbocycles. The number of benzene rings is 3. The Morgan fingerprint density at radius 2 is 1.62 bits per heavy atom. The summed E-state index contributed by atoms with van der Waals surface area (Å²) in [6.07, 6.45) is 10.5. The van der Waals surface area contributed by atoms with E-state index in [1.165, 1.54) is 0 Å². The highest BCUT2D eigenvalue weighted by atomic mass is 19.2. The van der Waals surface area contributed by atoms with Gasteiger partial charge in [-0.2, -0.15) is 0 Å². The van der Waals surface area contributed by atoms with Crippen LogP contribution in [0.25, 0.3) is 22.3 Å². The van der Waals surface area contributed by atoms with Crippen LogP contribution in [0, 0.1) is 17.5 Å². The topological polar surface area (TPSA) is 9.23 Å². The van der Waals surface area contributed by atoms with Gasteiger partial charge in [-0.05, 0) is 72.4 Å². The first kappa shape index (κ1) is 27.2. The lowest BCUT2D eigenvalue weighted by molar-refractivity contribution is -0.000784. The van der Waals surface area contributed by atoms with E-state index >= 15 is 4.39 Å². The first-order valence-corrected chi connectivity index (χ1v) is 13.6. The molecule has 2 unspecified atom stereocenters. The van der Waals surface area contributed by atoms with Gasteiger partial charge in [0.05, 0.1) is 12.7 Å². The molecule has 196 valence electrons. The summed E-state index contributed by atoms with van der Waals surface area (Å²) in [6.45, 7) is 6.42. The van der Waals surface area contributed by atoms with Gasteiger partial charge in [0.15, 0.2) is 11.6 Å². The lowest BCUT2D eigenvalue weighted by atomic mass is 9.89. The van der Waals surface area contributed by atoms with Crippen LogP contribution >= 0.6 is 0 Å². The Balaban J connectivity index is 1.43. The van der Waals surface area contributed by atoms with Crippen molar-refractivity contribution < 1.29 is 17.9 Å². The number of unbranched alkanes of at least 4 members (excludes halogenated alkanes) is 3. The molecule has 0 aromatic heterocycles. The van der Waals surface area contributed by atoms with Crippen LogP contribution in [0.1, 0.15) is 75.3 Å². The van der Waals surface area contributed by atoms with Crippen LogP contribution in [0.15, 0.2) is 67.3 Å². The van der Waals surface area contributed by atoms with Gasteiger partial charge in [0.1, 0.15) is 5.82 Å². The lowest BCUT2D eigenvalue weighted by Gasteiger charge is -2.29. The molecule has 3 aromatic carbocycles. The highest BCUT2D eigenvalue weighted by Crippen LogP contribution is 2.34. The van der Waals surface area contributed by atoms with Crippen LogP contribution in [0.4, 0.5) is 13.2 Å². The molecule has 1 aliphatic rings. The minimum absolute atomic E-state index is 0.0592. The molecule has 1 heterocycles. The second-order valence-electron chi connectivity index (χ2n) is 10.1. The Kier molecular flexibility index (Phi) is 9.62. The molecule has 1 saturated heterocycles. The quantitative estimate of drug-likeness (QED) is 0.186. The summed E-state index contributed by atoms with van der Waals surface area (Å²) in [4.78, 5) is 0. The Morgan fingerprint density at radius 3 is 2.30 bits per heavy atom. The monoisotopic (exact) mass is 506 g/mol. The molecule has 0 bridgehead atoms. The fourth-order valence-electron chi connectivity index (χ4n) is 5.21. The smallest absolute Gasteiger partial charge is 0.166 e. The second-order valence-corrected chi connectivity index (χ2v) is 10.1. The van der Waals surface area contributed by atoms with Gasteiger partial charge in [-0.15, -0.1) is 6.58 Å². The molecule has 3 aromatic rings. The van der Waals surface area contributed by atoms with Crippen molar-refractivity contribution in [1.82, 2.24) is 0 Å². The largest absolute Gasteiger partial charge is 0.378 e. The minimum atomic E-state index is -0.808. The highest BCUT2D eigenvalue weighted by molar-refractivity contribution is 5.71. The standard InChI is InChI=1S/C33H37F3O/c1-3-5-7-8-9-25-16-20-30(33(36)32(25)35)24-13-11-23(12-14-24)26-17-19-29(31(34)21-26)27-15-18-28(37-22-27)10-6-4-2/h4,11-14,16-17,19-21,27-28H,2-3,5-10,15,18,22H2,1H3. The van der Waals surface area contributed by atoms with Gasteiger partial charge < -0.3 is 4.74 Å². The molecular formula is C33H37F3O. The Morgan fingerprint density at radius 1 is 0.865 bits per heavy atom. The predicted octanol–water partition coefficient (Wildman–Crippen LogP) is 9.79. The first-order chi connectivity index (χ1) is 18.0. The molecule has 1 aliphatic heterocycles. The number of ether oxygens (including phenoxy) is 1.